The van der Waals surface area contributed by atoms with E-state index in [4.69, 9.17) is 17.3 Å². The summed E-state index contributed by atoms with van der Waals surface area (Å²) in [6.45, 7) is 0.535. The molecule has 7 heteroatoms. The Hall–Kier alpha value is -1.47. The smallest absolute Gasteiger partial charge is 0.243 e. The fraction of sp³-hybridized carbons (Fsp3) is 0.214. The molecule has 112 valence electrons. The van der Waals surface area contributed by atoms with Crippen molar-refractivity contribution in [1.82, 2.24) is 9.29 Å². The molecule has 0 aliphatic rings. The fourth-order valence-electron chi connectivity index (χ4n) is 1.86. The van der Waals surface area contributed by atoms with Crippen LogP contribution in [0.4, 0.5) is 0 Å². The average Bonchev–Trinajstić information content (AvgIpc) is 2.48. The van der Waals surface area contributed by atoms with Crippen LogP contribution >= 0.6 is 11.6 Å². The molecule has 2 N–H and O–H groups in total. The molecule has 0 unspecified atom stereocenters. The summed E-state index contributed by atoms with van der Waals surface area (Å²) in [5.74, 6) is 0. The van der Waals surface area contributed by atoms with Gasteiger partial charge < -0.3 is 5.73 Å². The molecule has 0 saturated carbocycles. The molecule has 1 aromatic heterocycles. The second kappa shape index (κ2) is 6.53. The molecule has 0 aliphatic heterocycles. The van der Waals surface area contributed by atoms with Gasteiger partial charge in [0.25, 0.3) is 0 Å². The third kappa shape index (κ3) is 3.59. The zero-order valence-corrected chi connectivity index (χ0v) is 13.1. The van der Waals surface area contributed by atoms with Crippen molar-refractivity contribution in [3.63, 3.8) is 0 Å². The third-order valence-electron chi connectivity index (χ3n) is 3.11. The van der Waals surface area contributed by atoms with Crippen LogP contribution in [0.25, 0.3) is 0 Å². The van der Waals surface area contributed by atoms with E-state index in [0.717, 1.165) is 5.56 Å². The Morgan fingerprint density at radius 3 is 2.48 bits per heavy atom. The number of pyridine rings is 1. The summed E-state index contributed by atoms with van der Waals surface area (Å²) in [7, 11) is -2.07. The van der Waals surface area contributed by atoms with Crippen LogP contribution in [0.1, 0.15) is 11.1 Å². The van der Waals surface area contributed by atoms with Crippen molar-refractivity contribution >= 4 is 21.6 Å². The van der Waals surface area contributed by atoms with Gasteiger partial charge in [-0.05, 0) is 35.4 Å². The summed E-state index contributed by atoms with van der Waals surface area (Å²) in [6, 6.07) is 8.14. The lowest BCUT2D eigenvalue weighted by Crippen LogP contribution is -2.26. The molecule has 0 fully saturated rings. The Kier molecular flexibility index (Phi) is 4.95. The zero-order valence-electron chi connectivity index (χ0n) is 11.5. The van der Waals surface area contributed by atoms with Gasteiger partial charge in [-0.3, -0.25) is 4.98 Å². The normalized spacial score (nSPS) is 11.8. The Balaban J connectivity index is 2.27. The molecule has 0 bridgehead atoms. The molecule has 0 atom stereocenters. The highest BCUT2D eigenvalue weighted by Gasteiger charge is 2.21. The van der Waals surface area contributed by atoms with Crippen molar-refractivity contribution < 1.29 is 8.42 Å². The Labute approximate surface area is 129 Å². The molecule has 21 heavy (non-hydrogen) atoms. The SMILES string of the molecule is CN(Cc1ccncc1)S(=O)(=O)c1ccc(CN)c(Cl)c1. The number of nitrogens with two attached hydrogens (primary N) is 1. The van der Waals surface area contributed by atoms with E-state index in [-0.39, 0.29) is 18.0 Å². The summed E-state index contributed by atoms with van der Waals surface area (Å²) in [5.41, 5.74) is 7.10. The summed E-state index contributed by atoms with van der Waals surface area (Å²) >= 11 is 6.03. The molecule has 5 nitrogen and oxygen atoms in total. The van der Waals surface area contributed by atoms with Crippen molar-refractivity contribution in [2.24, 2.45) is 5.73 Å². The molecule has 0 aliphatic carbocycles. The van der Waals surface area contributed by atoms with Crippen molar-refractivity contribution in [2.75, 3.05) is 7.05 Å². The molecular formula is C14H16ClN3O2S. The van der Waals surface area contributed by atoms with Gasteiger partial charge in [-0.2, -0.15) is 4.31 Å². The Morgan fingerprint density at radius 2 is 1.90 bits per heavy atom. The molecule has 0 saturated heterocycles. The standard InChI is InChI=1S/C14H16ClN3O2S/c1-18(10-11-4-6-17-7-5-11)21(19,20)13-3-2-12(9-16)14(15)8-13/h2-8H,9-10,16H2,1H3. The van der Waals surface area contributed by atoms with Gasteiger partial charge in [-0.15, -0.1) is 0 Å². The predicted octanol–water partition coefficient (Wildman–Crippen LogP) is 2.01. The van der Waals surface area contributed by atoms with E-state index in [1.807, 2.05) is 0 Å². The maximum absolute atomic E-state index is 12.5. The maximum Gasteiger partial charge on any atom is 0.243 e. The first kappa shape index (κ1) is 15.9. The Bertz CT molecular complexity index is 720. The fourth-order valence-corrected chi connectivity index (χ4v) is 3.37. The number of benzene rings is 1. The number of rotatable bonds is 5. The summed E-state index contributed by atoms with van der Waals surface area (Å²) in [6.07, 6.45) is 3.26. The molecule has 1 aromatic carbocycles. The molecule has 2 rings (SSSR count). The first-order chi connectivity index (χ1) is 9.95. The quantitative estimate of drug-likeness (QED) is 0.912. The summed E-state index contributed by atoms with van der Waals surface area (Å²) in [5, 5.41) is 0.357. The minimum atomic E-state index is -3.60. The van der Waals surface area contributed by atoms with E-state index in [9.17, 15) is 8.42 Å². The average molecular weight is 326 g/mol. The van der Waals surface area contributed by atoms with Gasteiger partial charge in [-0.25, -0.2) is 8.42 Å². The molecule has 0 radical (unpaired) electrons. The zero-order chi connectivity index (χ0) is 15.5. The number of hydrogen-bond donors (Lipinski definition) is 1. The van der Waals surface area contributed by atoms with E-state index in [2.05, 4.69) is 4.98 Å². The van der Waals surface area contributed by atoms with Crippen LogP contribution in [0.3, 0.4) is 0 Å². The van der Waals surface area contributed by atoms with Gasteiger partial charge >= 0.3 is 0 Å². The minimum Gasteiger partial charge on any atom is -0.326 e. The second-order valence-electron chi connectivity index (χ2n) is 4.57. The van der Waals surface area contributed by atoms with Gasteiger partial charge in [0.2, 0.25) is 10.0 Å². The highest BCUT2D eigenvalue weighted by molar-refractivity contribution is 7.89. The van der Waals surface area contributed by atoms with Gasteiger partial charge in [0.1, 0.15) is 0 Å². The lowest BCUT2D eigenvalue weighted by molar-refractivity contribution is 0.466. The van der Waals surface area contributed by atoms with Crippen LogP contribution in [0, 0.1) is 0 Å². The van der Waals surface area contributed by atoms with Gasteiger partial charge in [0, 0.05) is 37.6 Å². The molecule has 0 amide bonds. The van der Waals surface area contributed by atoms with Crippen LogP contribution in [0.5, 0.6) is 0 Å². The first-order valence-corrected chi connectivity index (χ1v) is 8.10. The van der Waals surface area contributed by atoms with Crippen molar-refractivity contribution in [2.45, 2.75) is 18.0 Å². The summed E-state index contributed by atoms with van der Waals surface area (Å²) in [4.78, 5) is 4.06. The lowest BCUT2D eigenvalue weighted by atomic mass is 10.2. The number of halogens is 1. The molecule has 2 aromatic rings. The van der Waals surface area contributed by atoms with Crippen molar-refractivity contribution in [3.8, 4) is 0 Å². The van der Waals surface area contributed by atoms with E-state index in [1.54, 1.807) is 30.6 Å². The maximum atomic E-state index is 12.5. The lowest BCUT2D eigenvalue weighted by Gasteiger charge is -2.17. The molecule has 0 spiro atoms. The van der Waals surface area contributed by atoms with E-state index in [1.165, 1.54) is 23.5 Å². The minimum absolute atomic E-state index is 0.154. The van der Waals surface area contributed by atoms with E-state index >= 15 is 0 Å². The number of nitrogens with zero attached hydrogens (tertiary/aromatic N) is 2. The van der Waals surface area contributed by atoms with Crippen LogP contribution < -0.4 is 5.73 Å². The van der Waals surface area contributed by atoms with E-state index < -0.39 is 10.0 Å². The van der Waals surface area contributed by atoms with Gasteiger partial charge in [0.05, 0.1) is 4.90 Å². The Morgan fingerprint density at radius 1 is 1.24 bits per heavy atom. The number of sulfonamides is 1. The third-order valence-corrected chi connectivity index (χ3v) is 5.26. The van der Waals surface area contributed by atoms with Crippen molar-refractivity contribution in [1.29, 1.82) is 0 Å². The number of hydrogen-bond acceptors (Lipinski definition) is 4. The van der Waals surface area contributed by atoms with Crippen LogP contribution in [0.2, 0.25) is 5.02 Å². The van der Waals surface area contributed by atoms with Crippen LogP contribution in [-0.4, -0.2) is 24.8 Å². The molecular weight excluding hydrogens is 310 g/mol. The van der Waals surface area contributed by atoms with Gasteiger partial charge in [-0.1, -0.05) is 17.7 Å². The van der Waals surface area contributed by atoms with Crippen LogP contribution in [0.15, 0.2) is 47.6 Å². The first-order valence-electron chi connectivity index (χ1n) is 6.29. The molecule has 1 heterocycles. The number of aromatic nitrogens is 1. The highest BCUT2D eigenvalue weighted by atomic mass is 35.5. The summed E-state index contributed by atoms with van der Waals surface area (Å²) < 4.78 is 26.3. The van der Waals surface area contributed by atoms with Gasteiger partial charge in [0.15, 0.2) is 0 Å². The van der Waals surface area contributed by atoms with E-state index in [0.29, 0.717) is 10.6 Å². The largest absolute Gasteiger partial charge is 0.326 e. The van der Waals surface area contributed by atoms with Crippen LogP contribution in [-0.2, 0) is 23.1 Å². The monoisotopic (exact) mass is 325 g/mol. The van der Waals surface area contributed by atoms with Crippen molar-refractivity contribution in [3.05, 3.63) is 58.9 Å². The highest BCUT2D eigenvalue weighted by Crippen LogP contribution is 2.23. The topological polar surface area (TPSA) is 76.3 Å². The second-order valence-corrected chi connectivity index (χ2v) is 7.03. The predicted molar refractivity (Wildman–Crippen MR) is 82.2 cm³/mol.